The minimum atomic E-state index is 0.442. The largest absolute Gasteiger partial charge is 0.0622 e. The van der Waals surface area contributed by atoms with E-state index >= 15 is 0 Å². The number of rotatable bonds is 6. The lowest BCUT2D eigenvalue weighted by atomic mass is 9.80. The molecule has 0 aliphatic rings. The number of hydrogen-bond acceptors (Lipinski definition) is 0. The molecule has 0 spiro atoms. The predicted molar refractivity (Wildman–Crippen MR) is 104 cm³/mol. The molecule has 0 heteroatoms. The molecule has 0 bridgehead atoms. The lowest BCUT2D eigenvalue weighted by Crippen LogP contribution is -2.08. The summed E-state index contributed by atoms with van der Waals surface area (Å²) in [6.45, 7) is 4.60. The normalized spacial score (nSPS) is 13.4. The third kappa shape index (κ3) is 3.76. The Morgan fingerprint density at radius 1 is 0.667 bits per heavy atom. The van der Waals surface area contributed by atoms with Crippen LogP contribution >= 0.6 is 0 Å². The first kappa shape index (κ1) is 16.5. The first-order chi connectivity index (χ1) is 11.8. The van der Waals surface area contributed by atoms with Gasteiger partial charge in [-0.25, -0.2) is 0 Å². The van der Waals surface area contributed by atoms with Gasteiger partial charge >= 0.3 is 0 Å². The second kappa shape index (κ2) is 7.97. The molecule has 0 aromatic heterocycles. The summed E-state index contributed by atoms with van der Waals surface area (Å²) in [7, 11) is 0. The number of hydrogen-bond donors (Lipinski definition) is 0. The highest BCUT2D eigenvalue weighted by atomic mass is 14.2. The van der Waals surface area contributed by atoms with Crippen LogP contribution in [0.2, 0.25) is 0 Å². The van der Waals surface area contributed by atoms with E-state index in [1.807, 2.05) is 0 Å². The van der Waals surface area contributed by atoms with Crippen LogP contribution < -0.4 is 0 Å². The summed E-state index contributed by atoms with van der Waals surface area (Å²) in [6.07, 6.45) is 2.21. The summed E-state index contributed by atoms with van der Waals surface area (Å²) < 4.78 is 0. The van der Waals surface area contributed by atoms with Crippen LogP contribution in [0.4, 0.5) is 0 Å². The Hall–Kier alpha value is -2.34. The molecule has 122 valence electrons. The molecule has 2 atom stereocenters. The van der Waals surface area contributed by atoms with Crippen molar-refractivity contribution < 1.29 is 0 Å². The van der Waals surface area contributed by atoms with E-state index in [0.29, 0.717) is 11.8 Å². The van der Waals surface area contributed by atoms with Crippen molar-refractivity contribution in [3.63, 3.8) is 0 Å². The van der Waals surface area contributed by atoms with E-state index < -0.39 is 0 Å². The van der Waals surface area contributed by atoms with Gasteiger partial charge in [0.1, 0.15) is 0 Å². The fourth-order valence-corrected chi connectivity index (χ4v) is 3.60. The summed E-state index contributed by atoms with van der Waals surface area (Å²) in [5.74, 6) is 0.971. The highest BCUT2D eigenvalue weighted by Gasteiger charge is 2.20. The Labute approximate surface area is 146 Å². The van der Waals surface area contributed by atoms with Gasteiger partial charge in [-0.1, -0.05) is 98.8 Å². The molecule has 3 aromatic rings. The molecule has 2 unspecified atom stereocenters. The Morgan fingerprint density at radius 3 is 1.83 bits per heavy atom. The fraction of sp³-hybridized carbons (Fsp3) is 0.250. The minimum absolute atomic E-state index is 0.442. The van der Waals surface area contributed by atoms with Crippen LogP contribution in [0.1, 0.15) is 54.4 Å². The first-order valence-corrected chi connectivity index (χ1v) is 8.97. The maximum atomic E-state index is 2.35. The van der Waals surface area contributed by atoms with Crippen molar-refractivity contribution >= 4 is 0 Å². The van der Waals surface area contributed by atoms with Gasteiger partial charge in [0.25, 0.3) is 0 Å². The molecule has 0 aliphatic heterocycles. The highest BCUT2D eigenvalue weighted by Crippen LogP contribution is 2.36. The van der Waals surface area contributed by atoms with Crippen molar-refractivity contribution in [1.82, 2.24) is 0 Å². The van der Waals surface area contributed by atoms with Crippen molar-refractivity contribution in [3.05, 3.63) is 107 Å². The third-order valence-electron chi connectivity index (χ3n) is 4.97. The second-order valence-corrected chi connectivity index (χ2v) is 6.56. The maximum absolute atomic E-state index is 2.35. The average Bonchev–Trinajstić information content (AvgIpc) is 2.67. The molecular formula is C24H26. The Balaban J connectivity index is 1.97. The number of benzene rings is 3. The summed E-state index contributed by atoms with van der Waals surface area (Å²) in [4.78, 5) is 0. The molecule has 0 aliphatic carbocycles. The van der Waals surface area contributed by atoms with Gasteiger partial charge in [-0.15, -0.1) is 0 Å². The lowest BCUT2D eigenvalue weighted by Gasteiger charge is -2.24. The minimum Gasteiger partial charge on any atom is -0.0622 e. The molecule has 0 saturated heterocycles. The van der Waals surface area contributed by atoms with Gasteiger partial charge in [0.2, 0.25) is 0 Å². The van der Waals surface area contributed by atoms with Gasteiger partial charge in [-0.3, -0.25) is 0 Å². The fourth-order valence-electron chi connectivity index (χ4n) is 3.60. The third-order valence-corrected chi connectivity index (χ3v) is 4.97. The Morgan fingerprint density at radius 2 is 1.21 bits per heavy atom. The van der Waals surface area contributed by atoms with Crippen molar-refractivity contribution in [3.8, 4) is 0 Å². The van der Waals surface area contributed by atoms with Crippen LogP contribution in [0.15, 0.2) is 84.9 Å². The van der Waals surface area contributed by atoms with E-state index in [2.05, 4.69) is 98.8 Å². The molecule has 0 amide bonds. The van der Waals surface area contributed by atoms with Crippen LogP contribution in [0.5, 0.6) is 0 Å². The van der Waals surface area contributed by atoms with Crippen LogP contribution in [0.3, 0.4) is 0 Å². The monoisotopic (exact) mass is 314 g/mol. The SMILES string of the molecule is CCc1ccccc1C(CC(C)c1ccccc1)c1ccccc1. The van der Waals surface area contributed by atoms with Gasteiger partial charge in [0, 0.05) is 5.92 Å². The molecule has 24 heavy (non-hydrogen) atoms. The van der Waals surface area contributed by atoms with Crippen LogP contribution in [0.25, 0.3) is 0 Å². The lowest BCUT2D eigenvalue weighted by molar-refractivity contribution is 0.613. The smallest absolute Gasteiger partial charge is 0.00977 e. The second-order valence-electron chi connectivity index (χ2n) is 6.56. The summed E-state index contributed by atoms with van der Waals surface area (Å²) in [6, 6.07) is 30.8. The maximum Gasteiger partial charge on any atom is 0.00977 e. The van der Waals surface area contributed by atoms with Crippen molar-refractivity contribution in [2.45, 2.75) is 38.5 Å². The van der Waals surface area contributed by atoms with Gasteiger partial charge in [-0.05, 0) is 41.0 Å². The standard InChI is InChI=1S/C24H26/c1-3-20-12-10-11-17-23(20)24(22-15-8-5-9-16-22)18-19(2)21-13-6-4-7-14-21/h4-17,19,24H,3,18H2,1-2H3. The zero-order valence-corrected chi connectivity index (χ0v) is 14.7. The molecule has 0 fully saturated rings. The summed E-state index contributed by atoms with van der Waals surface area (Å²) in [5, 5.41) is 0. The molecule has 0 saturated carbocycles. The molecule has 0 N–H and O–H groups in total. The van der Waals surface area contributed by atoms with E-state index in [1.54, 1.807) is 0 Å². The Bertz CT molecular complexity index is 743. The average molecular weight is 314 g/mol. The summed E-state index contributed by atoms with van der Waals surface area (Å²) >= 11 is 0. The van der Waals surface area contributed by atoms with E-state index in [-0.39, 0.29) is 0 Å². The van der Waals surface area contributed by atoms with Crippen LogP contribution in [-0.4, -0.2) is 0 Å². The molecule has 0 heterocycles. The topological polar surface area (TPSA) is 0 Å². The molecule has 0 radical (unpaired) electrons. The van der Waals surface area contributed by atoms with Crippen molar-refractivity contribution in [1.29, 1.82) is 0 Å². The number of aryl methyl sites for hydroxylation is 1. The molecular weight excluding hydrogens is 288 g/mol. The van der Waals surface area contributed by atoms with E-state index in [1.165, 1.54) is 22.3 Å². The van der Waals surface area contributed by atoms with Gasteiger partial charge in [-0.2, -0.15) is 0 Å². The van der Waals surface area contributed by atoms with E-state index in [0.717, 1.165) is 12.8 Å². The van der Waals surface area contributed by atoms with Gasteiger partial charge in [0.15, 0.2) is 0 Å². The van der Waals surface area contributed by atoms with Gasteiger partial charge < -0.3 is 0 Å². The summed E-state index contributed by atoms with van der Waals surface area (Å²) in [5.41, 5.74) is 5.79. The zero-order valence-electron chi connectivity index (χ0n) is 14.7. The molecule has 3 rings (SSSR count). The molecule has 0 nitrogen and oxygen atoms in total. The highest BCUT2D eigenvalue weighted by molar-refractivity contribution is 5.39. The Kier molecular flexibility index (Phi) is 5.48. The van der Waals surface area contributed by atoms with Crippen LogP contribution in [-0.2, 0) is 6.42 Å². The van der Waals surface area contributed by atoms with Gasteiger partial charge in [0.05, 0.1) is 0 Å². The quantitative estimate of drug-likeness (QED) is 0.482. The van der Waals surface area contributed by atoms with E-state index in [4.69, 9.17) is 0 Å². The zero-order chi connectivity index (χ0) is 16.8. The van der Waals surface area contributed by atoms with E-state index in [9.17, 15) is 0 Å². The molecule has 3 aromatic carbocycles. The van der Waals surface area contributed by atoms with Crippen molar-refractivity contribution in [2.75, 3.05) is 0 Å². The van der Waals surface area contributed by atoms with Crippen molar-refractivity contribution in [2.24, 2.45) is 0 Å². The predicted octanol–water partition coefficient (Wildman–Crippen LogP) is 6.57. The first-order valence-electron chi connectivity index (χ1n) is 8.97. The van der Waals surface area contributed by atoms with Crippen LogP contribution in [0, 0.1) is 0 Å².